The summed E-state index contributed by atoms with van der Waals surface area (Å²) in [7, 11) is 0. The minimum absolute atomic E-state index is 0.0710. The molecule has 0 aliphatic carbocycles. The zero-order valence-electron chi connectivity index (χ0n) is 20.0. The highest BCUT2D eigenvalue weighted by atomic mass is 79.9. The van der Waals surface area contributed by atoms with Crippen molar-refractivity contribution in [2.24, 2.45) is 5.92 Å². The maximum atomic E-state index is 13.4. The highest BCUT2D eigenvalue weighted by molar-refractivity contribution is 9.10. The molecule has 1 atom stereocenters. The molecule has 4 rings (SSSR count). The van der Waals surface area contributed by atoms with Gasteiger partial charge in [0.05, 0.1) is 23.5 Å². The van der Waals surface area contributed by atoms with Crippen molar-refractivity contribution in [1.29, 1.82) is 0 Å². The third-order valence-electron chi connectivity index (χ3n) is 6.58. The van der Waals surface area contributed by atoms with Crippen LogP contribution in [0.5, 0.6) is 0 Å². The van der Waals surface area contributed by atoms with E-state index in [1.54, 1.807) is 0 Å². The van der Waals surface area contributed by atoms with Gasteiger partial charge in [0, 0.05) is 29.3 Å². The molecule has 0 unspecified atom stereocenters. The number of hydrogen-bond acceptors (Lipinski definition) is 3. The molecule has 0 spiro atoms. The number of piperidine rings is 1. The van der Waals surface area contributed by atoms with Crippen LogP contribution in [0.3, 0.4) is 0 Å². The molecular weight excluding hydrogens is 476 g/mol. The van der Waals surface area contributed by atoms with E-state index in [1.807, 2.05) is 12.1 Å². The molecule has 0 bridgehead atoms. The van der Waals surface area contributed by atoms with Gasteiger partial charge >= 0.3 is 0 Å². The smallest absolute Gasteiger partial charge is 0.227 e. The Kier molecular flexibility index (Phi) is 7.86. The Morgan fingerprint density at radius 1 is 1.21 bits per heavy atom. The van der Waals surface area contributed by atoms with Gasteiger partial charge in [0.25, 0.3) is 0 Å². The van der Waals surface area contributed by atoms with Crippen molar-refractivity contribution in [3.8, 4) is 5.69 Å². The topological polar surface area (TPSA) is 41.4 Å². The SMILES string of the molecule is CCCCN(C(=O)[C@H]1CCCN(Cc2nc3ccccc3n2-c2cccc(Br)c2)C1)C(C)C. The number of nitrogens with zero attached hydrogens (tertiary/aromatic N) is 4. The number of carbonyl (C=O) groups is 1. The number of aromatic nitrogens is 2. The second-order valence-corrected chi connectivity index (χ2v) is 10.3. The van der Waals surface area contributed by atoms with Gasteiger partial charge < -0.3 is 4.90 Å². The van der Waals surface area contributed by atoms with Crippen LogP contribution in [-0.4, -0.2) is 50.9 Å². The maximum absolute atomic E-state index is 13.4. The summed E-state index contributed by atoms with van der Waals surface area (Å²) in [4.78, 5) is 22.9. The number of amides is 1. The first-order chi connectivity index (χ1) is 16.0. The quantitative estimate of drug-likeness (QED) is 0.371. The minimum atomic E-state index is 0.0710. The Bertz CT molecular complexity index is 1090. The van der Waals surface area contributed by atoms with Crippen molar-refractivity contribution >= 4 is 32.9 Å². The predicted molar refractivity (Wildman–Crippen MR) is 139 cm³/mol. The molecular formula is C27H35BrN4O. The van der Waals surface area contributed by atoms with Crippen LogP contribution in [0.1, 0.15) is 52.3 Å². The van der Waals surface area contributed by atoms with Crippen LogP contribution < -0.4 is 0 Å². The second-order valence-electron chi connectivity index (χ2n) is 9.39. The highest BCUT2D eigenvalue weighted by Crippen LogP contribution is 2.27. The average molecular weight is 512 g/mol. The Morgan fingerprint density at radius 2 is 2.03 bits per heavy atom. The van der Waals surface area contributed by atoms with Crippen LogP contribution in [-0.2, 0) is 11.3 Å². The van der Waals surface area contributed by atoms with Gasteiger partial charge in [-0.2, -0.15) is 0 Å². The van der Waals surface area contributed by atoms with Crippen molar-refractivity contribution in [1.82, 2.24) is 19.4 Å². The third kappa shape index (κ3) is 5.49. The van der Waals surface area contributed by atoms with E-state index in [4.69, 9.17) is 4.98 Å². The summed E-state index contributed by atoms with van der Waals surface area (Å²) in [6.07, 6.45) is 4.20. The Hall–Kier alpha value is -2.18. The first kappa shape index (κ1) is 24.0. The van der Waals surface area contributed by atoms with Crippen LogP contribution >= 0.6 is 15.9 Å². The van der Waals surface area contributed by atoms with Gasteiger partial charge in [0.2, 0.25) is 5.91 Å². The zero-order chi connectivity index (χ0) is 23.4. The van der Waals surface area contributed by atoms with Gasteiger partial charge in [-0.15, -0.1) is 0 Å². The fourth-order valence-corrected chi connectivity index (χ4v) is 5.26. The largest absolute Gasteiger partial charge is 0.340 e. The lowest BCUT2D eigenvalue weighted by atomic mass is 9.95. The summed E-state index contributed by atoms with van der Waals surface area (Å²) in [5, 5.41) is 0. The number of hydrogen-bond donors (Lipinski definition) is 0. The van der Waals surface area contributed by atoms with Gasteiger partial charge in [-0.05, 0) is 70.0 Å². The predicted octanol–water partition coefficient (Wildman–Crippen LogP) is 6.04. The summed E-state index contributed by atoms with van der Waals surface area (Å²) < 4.78 is 3.31. The normalized spacial score (nSPS) is 17.1. The standard InChI is InChI=1S/C27H35BrN4O/c1-4-5-16-31(20(2)3)27(33)21-10-9-15-30(18-21)19-26-29-24-13-6-7-14-25(24)32(26)23-12-8-11-22(28)17-23/h6-8,11-14,17,20-21H,4-5,9-10,15-16,18-19H2,1-3H3/t21-/m0/s1. The second kappa shape index (κ2) is 10.8. The van der Waals surface area contributed by atoms with Crippen LogP contribution in [0.2, 0.25) is 0 Å². The Labute approximate surface area is 205 Å². The number of halogens is 1. The molecule has 0 saturated carbocycles. The number of benzene rings is 2. The number of carbonyl (C=O) groups excluding carboxylic acids is 1. The molecule has 5 nitrogen and oxygen atoms in total. The Balaban J connectivity index is 1.57. The van der Waals surface area contributed by atoms with E-state index in [9.17, 15) is 4.79 Å². The van der Waals surface area contributed by atoms with Crippen molar-refractivity contribution in [3.05, 3.63) is 58.8 Å². The van der Waals surface area contributed by atoms with Crippen LogP contribution in [0.4, 0.5) is 0 Å². The lowest BCUT2D eigenvalue weighted by Crippen LogP contribution is -2.47. The summed E-state index contributed by atoms with van der Waals surface area (Å²) in [6, 6.07) is 16.9. The molecule has 1 aromatic heterocycles. The fourth-order valence-electron chi connectivity index (χ4n) is 4.87. The Morgan fingerprint density at radius 3 is 2.79 bits per heavy atom. The van der Waals surface area contributed by atoms with E-state index in [0.717, 1.165) is 78.9 Å². The third-order valence-corrected chi connectivity index (χ3v) is 7.07. The van der Waals surface area contributed by atoms with Crippen LogP contribution in [0.25, 0.3) is 16.7 Å². The van der Waals surface area contributed by atoms with E-state index in [0.29, 0.717) is 5.91 Å². The molecule has 1 aliphatic heterocycles. The molecule has 1 saturated heterocycles. The molecule has 0 N–H and O–H groups in total. The van der Waals surface area contributed by atoms with Gasteiger partial charge in [0.1, 0.15) is 5.82 Å². The van der Waals surface area contributed by atoms with E-state index >= 15 is 0 Å². The molecule has 1 aliphatic rings. The lowest BCUT2D eigenvalue weighted by Gasteiger charge is -2.36. The number of para-hydroxylation sites is 2. The number of imidazole rings is 1. The molecule has 6 heteroatoms. The lowest BCUT2D eigenvalue weighted by molar-refractivity contribution is -0.139. The first-order valence-electron chi connectivity index (χ1n) is 12.2. The number of likely N-dealkylation sites (tertiary alicyclic amines) is 1. The number of fused-ring (bicyclic) bond motifs is 1. The average Bonchev–Trinajstić information content (AvgIpc) is 3.17. The number of unbranched alkanes of at least 4 members (excludes halogenated alkanes) is 1. The van der Waals surface area contributed by atoms with Crippen molar-refractivity contribution < 1.29 is 4.79 Å². The molecule has 1 amide bonds. The minimum Gasteiger partial charge on any atom is -0.340 e. The van der Waals surface area contributed by atoms with E-state index in [2.05, 4.69) is 87.5 Å². The molecule has 2 heterocycles. The van der Waals surface area contributed by atoms with Crippen molar-refractivity contribution in [3.63, 3.8) is 0 Å². The van der Waals surface area contributed by atoms with Crippen molar-refractivity contribution in [2.75, 3.05) is 19.6 Å². The fraction of sp³-hybridized carbons (Fsp3) is 0.481. The van der Waals surface area contributed by atoms with Crippen LogP contribution in [0.15, 0.2) is 53.0 Å². The van der Waals surface area contributed by atoms with Gasteiger partial charge in [-0.25, -0.2) is 4.98 Å². The van der Waals surface area contributed by atoms with Crippen LogP contribution in [0, 0.1) is 5.92 Å². The summed E-state index contributed by atoms with van der Waals surface area (Å²) in [6.45, 7) is 9.85. The molecule has 3 aromatic rings. The van der Waals surface area contributed by atoms with Gasteiger partial charge in [-0.3, -0.25) is 14.3 Å². The molecule has 176 valence electrons. The monoisotopic (exact) mass is 510 g/mol. The van der Waals surface area contributed by atoms with E-state index in [-0.39, 0.29) is 12.0 Å². The molecule has 0 radical (unpaired) electrons. The van der Waals surface area contributed by atoms with Gasteiger partial charge in [-0.1, -0.05) is 47.5 Å². The van der Waals surface area contributed by atoms with Crippen molar-refractivity contribution in [2.45, 2.75) is 59.0 Å². The van der Waals surface area contributed by atoms with Gasteiger partial charge in [0.15, 0.2) is 0 Å². The molecule has 2 aromatic carbocycles. The number of rotatable bonds is 8. The highest BCUT2D eigenvalue weighted by Gasteiger charge is 2.31. The van der Waals surface area contributed by atoms with E-state index in [1.165, 1.54) is 0 Å². The molecule has 33 heavy (non-hydrogen) atoms. The summed E-state index contributed by atoms with van der Waals surface area (Å²) >= 11 is 3.62. The zero-order valence-corrected chi connectivity index (χ0v) is 21.6. The van der Waals surface area contributed by atoms with E-state index < -0.39 is 0 Å². The maximum Gasteiger partial charge on any atom is 0.227 e. The summed E-state index contributed by atoms with van der Waals surface area (Å²) in [5.41, 5.74) is 3.21. The summed E-state index contributed by atoms with van der Waals surface area (Å²) in [5.74, 6) is 1.42. The molecule has 1 fully saturated rings. The first-order valence-corrected chi connectivity index (χ1v) is 13.0.